The minimum absolute atomic E-state index is 0.105. The molecule has 1 unspecified atom stereocenters. The molecule has 3 aromatic rings. The zero-order chi connectivity index (χ0) is 26.9. The van der Waals surface area contributed by atoms with Crippen molar-refractivity contribution in [2.75, 3.05) is 6.61 Å². The number of carbonyl (C=O) groups excluding carboxylic acids is 1. The van der Waals surface area contributed by atoms with E-state index in [0.29, 0.717) is 31.1 Å². The number of hydrogen-bond donors (Lipinski definition) is 1. The lowest BCUT2D eigenvalue weighted by atomic mass is 9.76. The quantitative estimate of drug-likeness (QED) is 0.370. The van der Waals surface area contributed by atoms with E-state index in [0.717, 1.165) is 55.7 Å². The zero-order valence-corrected chi connectivity index (χ0v) is 22.9. The SMILES string of the molecule is CCOc1ccc(CCC2(C3CCCC3)CC(O)=C(Cc3nc4nc(C)cc(C)n4n3)C(=O)O2)cc1CC. The Hall–Kier alpha value is -3.42. The number of esters is 1. The van der Waals surface area contributed by atoms with Gasteiger partial charge >= 0.3 is 5.97 Å². The summed E-state index contributed by atoms with van der Waals surface area (Å²) in [6, 6.07) is 8.28. The number of aromatic nitrogens is 4. The van der Waals surface area contributed by atoms with E-state index in [1.54, 1.807) is 4.52 Å². The molecular weight excluding hydrogens is 480 g/mol. The second kappa shape index (κ2) is 10.8. The molecule has 1 aliphatic carbocycles. The van der Waals surface area contributed by atoms with Gasteiger partial charge in [0, 0.05) is 24.2 Å². The predicted octanol–water partition coefficient (Wildman–Crippen LogP) is 5.57. The van der Waals surface area contributed by atoms with E-state index in [2.05, 4.69) is 34.1 Å². The van der Waals surface area contributed by atoms with E-state index >= 15 is 0 Å². The smallest absolute Gasteiger partial charge is 0.338 e. The third-order valence-electron chi connectivity index (χ3n) is 8.10. The van der Waals surface area contributed by atoms with Crippen molar-refractivity contribution in [1.29, 1.82) is 0 Å². The van der Waals surface area contributed by atoms with Crippen molar-refractivity contribution in [1.82, 2.24) is 19.6 Å². The van der Waals surface area contributed by atoms with Gasteiger partial charge in [-0.15, -0.1) is 5.10 Å². The molecule has 5 rings (SSSR count). The summed E-state index contributed by atoms with van der Waals surface area (Å²) in [5.74, 6) is 1.75. The number of ether oxygens (including phenoxy) is 2. The van der Waals surface area contributed by atoms with E-state index in [1.165, 1.54) is 11.1 Å². The highest BCUT2D eigenvalue weighted by molar-refractivity contribution is 5.90. The molecule has 1 N–H and O–H groups in total. The number of nitrogens with zero attached hydrogens (tertiary/aromatic N) is 4. The second-order valence-corrected chi connectivity index (χ2v) is 10.7. The van der Waals surface area contributed by atoms with Gasteiger partial charge < -0.3 is 14.6 Å². The molecule has 0 radical (unpaired) electrons. The average Bonchev–Trinajstić information content (AvgIpc) is 3.57. The number of rotatable bonds is 9. The lowest BCUT2D eigenvalue weighted by molar-refractivity contribution is -0.167. The first-order valence-corrected chi connectivity index (χ1v) is 13.9. The Bertz CT molecular complexity index is 1370. The highest BCUT2D eigenvalue weighted by Gasteiger charge is 2.48. The zero-order valence-electron chi connectivity index (χ0n) is 22.9. The van der Waals surface area contributed by atoms with Gasteiger partial charge in [0.2, 0.25) is 0 Å². The second-order valence-electron chi connectivity index (χ2n) is 10.7. The molecule has 0 bridgehead atoms. The molecule has 1 aromatic carbocycles. The van der Waals surface area contributed by atoms with Gasteiger partial charge in [-0.25, -0.2) is 14.3 Å². The molecule has 1 aliphatic heterocycles. The number of fused-ring (bicyclic) bond motifs is 1. The molecule has 0 spiro atoms. The first-order chi connectivity index (χ1) is 18.3. The standard InChI is InChI=1S/C30H38N4O4/c1-5-22-16-21(11-12-26(22)37-6-2)13-14-30(23-9-7-8-10-23)18-25(35)24(28(36)38-30)17-27-32-29-31-19(3)15-20(4)34(29)33-27/h11-12,15-16,23,35H,5-10,13-14,17-18H2,1-4H3. The minimum Gasteiger partial charge on any atom is -0.512 e. The van der Waals surface area contributed by atoms with Crippen molar-refractivity contribution in [3.63, 3.8) is 0 Å². The normalized spacial score (nSPS) is 20.4. The number of aryl methyl sites for hydroxylation is 4. The number of cyclic esters (lactones) is 1. The van der Waals surface area contributed by atoms with Crippen LogP contribution in [0.3, 0.4) is 0 Å². The van der Waals surface area contributed by atoms with Gasteiger partial charge in [-0.3, -0.25) is 0 Å². The van der Waals surface area contributed by atoms with Crippen LogP contribution in [0.4, 0.5) is 0 Å². The van der Waals surface area contributed by atoms with Gasteiger partial charge in [-0.2, -0.15) is 4.98 Å². The lowest BCUT2D eigenvalue weighted by Crippen LogP contribution is -2.46. The van der Waals surface area contributed by atoms with Crippen LogP contribution in [0.2, 0.25) is 0 Å². The molecule has 38 heavy (non-hydrogen) atoms. The summed E-state index contributed by atoms with van der Waals surface area (Å²) in [5.41, 5.74) is 3.70. The van der Waals surface area contributed by atoms with Crippen molar-refractivity contribution in [2.45, 2.75) is 91.1 Å². The number of carbonyl (C=O) groups is 1. The Kier molecular flexibility index (Phi) is 7.41. The fourth-order valence-corrected chi connectivity index (χ4v) is 6.15. The molecule has 2 aromatic heterocycles. The Morgan fingerprint density at radius 3 is 2.66 bits per heavy atom. The van der Waals surface area contributed by atoms with E-state index in [4.69, 9.17) is 9.47 Å². The largest absolute Gasteiger partial charge is 0.512 e. The molecule has 1 saturated carbocycles. The van der Waals surface area contributed by atoms with Crippen LogP contribution in [-0.4, -0.2) is 42.9 Å². The summed E-state index contributed by atoms with van der Waals surface area (Å²) in [5, 5.41) is 15.8. The van der Waals surface area contributed by atoms with Gasteiger partial charge in [0.1, 0.15) is 17.1 Å². The Balaban J connectivity index is 1.39. The molecular formula is C30H38N4O4. The van der Waals surface area contributed by atoms with Crippen LogP contribution in [0.5, 0.6) is 5.75 Å². The molecule has 1 fully saturated rings. The number of aliphatic hydroxyl groups excluding tert-OH is 1. The van der Waals surface area contributed by atoms with Crippen LogP contribution in [0.15, 0.2) is 35.6 Å². The van der Waals surface area contributed by atoms with Gasteiger partial charge in [-0.05, 0) is 82.1 Å². The number of hydrogen-bond acceptors (Lipinski definition) is 7. The maximum Gasteiger partial charge on any atom is 0.338 e. The number of aliphatic hydroxyl groups is 1. The molecule has 8 nitrogen and oxygen atoms in total. The lowest BCUT2D eigenvalue weighted by Gasteiger charge is -2.41. The Labute approximate surface area is 224 Å². The summed E-state index contributed by atoms with van der Waals surface area (Å²) in [6.07, 6.45) is 7.06. The third kappa shape index (κ3) is 5.13. The summed E-state index contributed by atoms with van der Waals surface area (Å²) < 4.78 is 13.8. The van der Waals surface area contributed by atoms with Crippen LogP contribution in [-0.2, 0) is 28.8 Å². The fourth-order valence-electron chi connectivity index (χ4n) is 6.15. The van der Waals surface area contributed by atoms with Crippen LogP contribution in [0.25, 0.3) is 5.78 Å². The monoisotopic (exact) mass is 518 g/mol. The van der Waals surface area contributed by atoms with Crippen molar-refractivity contribution in [2.24, 2.45) is 5.92 Å². The van der Waals surface area contributed by atoms with E-state index < -0.39 is 11.6 Å². The number of benzene rings is 1. The van der Waals surface area contributed by atoms with Crippen LogP contribution in [0, 0.1) is 19.8 Å². The van der Waals surface area contributed by atoms with E-state index in [9.17, 15) is 9.90 Å². The average molecular weight is 519 g/mol. The van der Waals surface area contributed by atoms with Gasteiger partial charge in [0.05, 0.1) is 12.2 Å². The van der Waals surface area contributed by atoms with Crippen molar-refractivity contribution in [3.8, 4) is 5.75 Å². The first-order valence-electron chi connectivity index (χ1n) is 13.9. The fraction of sp³-hybridized carbons (Fsp3) is 0.533. The topological polar surface area (TPSA) is 98.8 Å². The third-order valence-corrected chi connectivity index (χ3v) is 8.10. The molecule has 2 aliphatic rings. The minimum atomic E-state index is -0.701. The maximum absolute atomic E-state index is 13.4. The molecule has 202 valence electrons. The highest BCUT2D eigenvalue weighted by Crippen LogP contribution is 2.46. The van der Waals surface area contributed by atoms with Crippen LogP contribution in [0.1, 0.15) is 80.7 Å². The summed E-state index contributed by atoms with van der Waals surface area (Å²) in [7, 11) is 0. The summed E-state index contributed by atoms with van der Waals surface area (Å²) in [4.78, 5) is 22.3. The van der Waals surface area contributed by atoms with Gasteiger partial charge in [-0.1, -0.05) is 31.9 Å². The Morgan fingerprint density at radius 2 is 1.95 bits per heavy atom. The molecule has 0 saturated heterocycles. The predicted molar refractivity (Wildman–Crippen MR) is 144 cm³/mol. The van der Waals surface area contributed by atoms with E-state index in [-0.39, 0.29) is 23.7 Å². The van der Waals surface area contributed by atoms with Crippen LogP contribution >= 0.6 is 0 Å². The summed E-state index contributed by atoms with van der Waals surface area (Å²) in [6.45, 7) is 8.61. The van der Waals surface area contributed by atoms with Gasteiger partial charge in [0.25, 0.3) is 5.78 Å². The van der Waals surface area contributed by atoms with Crippen molar-refractivity contribution in [3.05, 3.63) is 63.9 Å². The van der Waals surface area contributed by atoms with E-state index in [1.807, 2.05) is 32.9 Å². The van der Waals surface area contributed by atoms with Crippen LogP contribution < -0.4 is 4.74 Å². The Morgan fingerprint density at radius 1 is 1.16 bits per heavy atom. The van der Waals surface area contributed by atoms with Crippen molar-refractivity contribution < 1.29 is 19.4 Å². The van der Waals surface area contributed by atoms with Gasteiger partial charge in [0.15, 0.2) is 5.82 Å². The highest BCUT2D eigenvalue weighted by atomic mass is 16.6. The first kappa shape index (κ1) is 26.2. The molecule has 1 atom stereocenters. The molecule has 0 amide bonds. The summed E-state index contributed by atoms with van der Waals surface area (Å²) >= 11 is 0. The van der Waals surface area contributed by atoms with Crippen molar-refractivity contribution >= 4 is 11.7 Å². The molecule has 8 heteroatoms. The maximum atomic E-state index is 13.4. The molecule has 3 heterocycles.